The first-order valence-corrected chi connectivity index (χ1v) is 6.75. The molecule has 3 heteroatoms. The van der Waals surface area contributed by atoms with Gasteiger partial charge in [0.1, 0.15) is 0 Å². The molecule has 3 nitrogen and oxygen atoms in total. The molecule has 0 spiro atoms. The molecule has 1 N–H and O–H groups in total. The fourth-order valence-corrected chi connectivity index (χ4v) is 2.38. The maximum absolute atomic E-state index is 11.1. The van der Waals surface area contributed by atoms with Crippen LogP contribution in [0.4, 0.5) is 11.4 Å². The molecule has 0 aliphatic heterocycles. The molecular weight excluding hydrogens is 250 g/mol. The molecule has 0 fully saturated rings. The number of hydrogen-bond donors (Lipinski definition) is 1. The lowest BCUT2D eigenvalue weighted by Crippen LogP contribution is -2.18. The lowest BCUT2D eigenvalue weighted by Gasteiger charge is -2.26. The molecule has 0 bridgehead atoms. The summed E-state index contributed by atoms with van der Waals surface area (Å²) in [5, 5.41) is 9.09. The van der Waals surface area contributed by atoms with E-state index < -0.39 is 5.97 Å². The van der Waals surface area contributed by atoms with Crippen molar-refractivity contribution in [2.75, 3.05) is 11.4 Å². The van der Waals surface area contributed by atoms with Crippen LogP contribution in [-0.2, 0) is 11.2 Å². The maximum atomic E-state index is 11.1. The van der Waals surface area contributed by atoms with Gasteiger partial charge in [-0.25, -0.2) is 0 Å². The fourth-order valence-electron chi connectivity index (χ4n) is 2.38. The highest BCUT2D eigenvalue weighted by atomic mass is 16.4. The van der Waals surface area contributed by atoms with E-state index in [0.29, 0.717) is 0 Å². The van der Waals surface area contributed by atoms with Crippen LogP contribution in [0.5, 0.6) is 0 Å². The first kappa shape index (κ1) is 14.1. The predicted octanol–water partition coefficient (Wildman–Crippen LogP) is 3.78. The summed E-state index contributed by atoms with van der Waals surface area (Å²) in [5.74, 6) is -0.805. The molecule has 104 valence electrons. The summed E-state index contributed by atoms with van der Waals surface area (Å²) in [6.45, 7) is 4.84. The number of benzene rings is 2. The Kier molecular flexibility index (Phi) is 4.41. The Labute approximate surface area is 119 Å². The van der Waals surface area contributed by atoms with Crippen molar-refractivity contribution in [3.8, 4) is 0 Å². The number of anilines is 2. The third-order valence-corrected chi connectivity index (χ3v) is 3.25. The second-order valence-electron chi connectivity index (χ2n) is 4.78. The Hall–Kier alpha value is -2.29. The van der Waals surface area contributed by atoms with Crippen molar-refractivity contribution in [1.29, 1.82) is 0 Å². The molecular formula is C17H19NO2. The summed E-state index contributed by atoms with van der Waals surface area (Å²) in [4.78, 5) is 13.2. The summed E-state index contributed by atoms with van der Waals surface area (Å²) in [7, 11) is 0. The minimum absolute atomic E-state index is 0.0420. The molecule has 0 amide bonds. The first-order chi connectivity index (χ1) is 9.61. The summed E-state index contributed by atoms with van der Waals surface area (Å²) in [6.07, 6.45) is 0.0420. The number of para-hydroxylation sites is 1. The van der Waals surface area contributed by atoms with Crippen molar-refractivity contribution in [2.45, 2.75) is 20.3 Å². The van der Waals surface area contributed by atoms with E-state index in [-0.39, 0.29) is 6.42 Å². The van der Waals surface area contributed by atoms with Gasteiger partial charge in [-0.15, -0.1) is 0 Å². The zero-order valence-electron chi connectivity index (χ0n) is 11.8. The molecule has 0 aliphatic rings. The van der Waals surface area contributed by atoms with Gasteiger partial charge in [0.2, 0.25) is 0 Å². The predicted molar refractivity (Wildman–Crippen MR) is 81.6 cm³/mol. The van der Waals surface area contributed by atoms with Gasteiger partial charge in [0.05, 0.1) is 6.42 Å². The highest BCUT2D eigenvalue weighted by Crippen LogP contribution is 2.29. The van der Waals surface area contributed by atoms with Gasteiger partial charge in [-0.3, -0.25) is 4.79 Å². The normalized spacial score (nSPS) is 10.3. The van der Waals surface area contributed by atoms with E-state index in [1.807, 2.05) is 55.5 Å². The van der Waals surface area contributed by atoms with Gasteiger partial charge >= 0.3 is 5.97 Å². The minimum Gasteiger partial charge on any atom is -0.481 e. The van der Waals surface area contributed by atoms with Crippen molar-refractivity contribution in [2.24, 2.45) is 0 Å². The Morgan fingerprint density at radius 1 is 1.15 bits per heavy atom. The SMILES string of the molecule is CCN(c1ccccc1)c1ccc(C)cc1CC(=O)O. The third kappa shape index (κ3) is 3.18. The van der Waals surface area contributed by atoms with Gasteiger partial charge in [-0.05, 0) is 37.6 Å². The van der Waals surface area contributed by atoms with Crippen LogP contribution >= 0.6 is 0 Å². The maximum Gasteiger partial charge on any atom is 0.307 e. The van der Waals surface area contributed by atoms with E-state index in [2.05, 4.69) is 11.8 Å². The average molecular weight is 269 g/mol. The van der Waals surface area contributed by atoms with Crippen LogP contribution in [-0.4, -0.2) is 17.6 Å². The van der Waals surface area contributed by atoms with Crippen LogP contribution in [0.3, 0.4) is 0 Å². The van der Waals surface area contributed by atoms with Crippen molar-refractivity contribution < 1.29 is 9.90 Å². The molecule has 0 radical (unpaired) electrons. The molecule has 0 heterocycles. The average Bonchev–Trinajstić information content (AvgIpc) is 2.42. The highest BCUT2D eigenvalue weighted by molar-refractivity contribution is 5.76. The van der Waals surface area contributed by atoms with E-state index in [4.69, 9.17) is 5.11 Å². The molecule has 2 rings (SSSR count). The number of carboxylic acid groups (broad SMARTS) is 1. The molecule has 0 atom stereocenters. The van der Waals surface area contributed by atoms with Crippen molar-refractivity contribution >= 4 is 17.3 Å². The fraction of sp³-hybridized carbons (Fsp3) is 0.235. The second kappa shape index (κ2) is 6.24. The summed E-state index contributed by atoms with van der Waals surface area (Å²) >= 11 is 0. The Balaban J connectivity index is 2.46. The van der Waals surface area contributed by atoms with Gasteiger partial charge < -0.3 is 10.0 Å². The number of aryl methyl sites for hydroxylation is 1. The monoisotopic (exact) mass is 269 g/mol. The quantitative estimate of drug-likeness (QED) is 0.898. The van der Waals surface area contributed by atoms with E-state index >= 15 is 0 Å². The Bertz CT molecular complexity index is 593. The van der Waals surface area contributed by atoms with E-state index in [1.165, 1.54) is 0 Å². The lowest BCUT2D eigenvalue weighted by molar-refractivity contribution is -0.136. The molecule has 0 unspecified atom stereocenters. The number of nitrogens with zero attached hydrogens (tertiary/aromatic N) is 1. The van der Waals surface area contributed by atoms with Crippen molar-refractivity contribution in [1.82, 2.24) is 0 Å². The molecule has 2 aromatic rings. The minimum atomic E-state index is -0.805. The number of aliphatic carboxylic acids is 1. The van der Waals surface area contributed by atoms with Gasteiger partial charge in [0, 0.05) is 17.9 Å². The number of carbonyl (C=O) groups is 1. The largest absolute Gasteiger partial charge is 0.481 e. The van der Waals surface area contributed by atoms with Crippen LogP contribution in [0.2, 0.25) is 0 Å². The standard InChI is InChI=1S/C17H19NO2/c1-3-18(15-7-5-4-6-8-15)16-10-9-13(2)11-14(16)12-17(19)20/h4-11H,3,12H2,1-2H3,(H,19,20). The first-order valence-electron chi connectivity index (χ1n) is 6.75. The van der Waals surface area contributed by atoms with Crippen LogP contribution in [0, 0.1) is 6.92 Å². The van der Waals surface area contributed by atoms with Crippen LogP contribution in [0.15, 0.2) is 48.5 Å². The summed E-state index contributed by atoms with van der Waals surface area (Å²) in [5.41, 5.74) is 3.97. The number of rotatable bonds is 5. The zero-order valence-corrected chi connectivity index (χ0v) is 11.8. The summed E-state index contributed by atoms with van der Waals surface area (Å²) < 4.78 is 0. The Morgan fingerprint density at radius 2 is 1.85 bits per heavy atom. The zero-order chi connectivity index (χ0) is 14.5. The van der Waals surface area contributed by atoms with Crippen LogP contribution in [0.1, 0.15) is 18.1 Å². The van der Waals surface area contributed by atoms with Crippen molar-refractivity contribution in [3.05, 3.63) is 59.7 Å². The Morgan fingerprint density at radius 3 is 2.45 bits per heavy atom. The topological polar surface area (TPSA) is 40.5 Å². The van der Waals surface area contributed by atoms with Gasteiger partial charge in [-0.2, -0.15) is 0 Å². The van der Waals surface area contributed by atoms with Gasteiger partial charge in [-0.1, -0.05) is 35.9 Å². The van der Waals surface area contributed by atoms with E-state index in [0.717, 1.165) is 29.0 Å². The molecule has 20 heavy (non-hydrogen) atoms. The molecule has 0 saturated heterocycles. The summed E-state index contributed by atoms with van der Waals surface area (Å²) in [6, 6.07) is 16.0. The molecule has 2 aromatic carbocycles. The smallest absolute Gasteiger partial charge is 0.307 e. The van der Waals surface area contributed by atoms with Crippen LogP contribution in [0.25, 0.3) is 0 Å². The van der Waals surface area contributed by atoms with Crippen molar-refractivity contribution in [3.63, 3.8) is 0 Å². The number of hydrogen-bond acceptors (Lipinski definition) is 2. The number of carboxylic acids is 1. The highest BCUT2D eigenvalue weighted by Gasteiger charge is 2.13. The molecule has 0 saturated carbocycles. The van der Waals surface area contributed by atoms with Gasteiger partial charge in [0.25, 0.3) is 0 Å². The molecule has 0 aromatic heterocycles. The third-order valence-electron chi connectivity index (χ3n) is 3.25. The second-order valence-corrected chi connectivity index (χ2v) is 4.78. The molecule has 0 aliphatic carbocycles. The van der Waals surface area contributed by atoms with E-state index in [9.17, 15) is 4.79 Å². The van der Waals surface area contributed by atoms with Crippen LogP contribution < -0.4 is 4.90 Å². The lowest BCUT2D eigenvalue weighted by atomic mass is 10.0. The van der Waals surface area contributed by atoms with Gasteiger partial charge in [0.15, 0.2) is 0 Å². The van der Waals surface area contributed by atoms with E-state index in [1.54, 1.807) is 0 Å².